The molecule has 3 heterocycles. The summed E-state index contributed by atoms with van der Waals surface area (Å²) >= 11 is 12.7. The molecule has 3 amide bonds. The van der Waals surface area contributed by atoms with Crippen molar-refractivity contribution in [3.8, 4) is 5.75 Å². The van der Waals surface area contributed by atoms with Crippen LogP contribution in [-0.2, 0) is 9.84 Å². The van der Waals surface area contributed by atoms with E-state index < -0.39 is 21.9 Å². The summed E-state index contributed by atoms with van der Waals surface area (Å²) in [7, 11) is -3.11. The van der Waals surface area contributed by atoms with Crippen LogP contribution in [0.4, 0.5) is 4.79 Å². The molecule has 3 aromatic rings. The van der Waals surface area contributed by atoms with Crippen LogP contribution >= 0.6 is 23.2 Å². The predicted molar refractivity (Wildman–Crippen MR) is 197 cm³/mol. The van der Waals surface area contributed by atoms with Gasteiger partial charge in [-0.3, -0.25) is 19.6 Å². The van der Waals surface area contributed by atoms with Gasteiger partial charge in [0.15, 0.2) is 0 Å². The third-order valence-corrected chi connectivity index (χ3v) is 11.0. The van der Waals surface area contributed by atoms with Gasteiger partial charge < -0.3 is 14.5 Å². The molecule has 2 saturated heterocycles. The number of sulfone groups is 1. The Kier molecular flexibility index (Phi) is 11.4. The highest BCUT2D eigenvalue weighted by molar-refractivity contribution is 7.90. The van der Waals surface area contributed by atoms with Crippen molar-refractivity contribution in [2.45, 2.75) is 38.3 Å². The van der Waals surface area contributed by atoms with E-state index in [4.69, 9.17) is 32.9 Å². The lowest BCUT2D eigenvalue weighted by Crippen LogP contribution is -2.54. The zero-order chi connectivity index (χ0) is 35.4. The van der Waals surface area contributed by atoms with Crippen molar-refractivity contribution in [2.75, 3.05) is 64.4 Å². The van der Waals surface area contributed by atoms with Gasteiger partial charge in [0.1, 0.15) is 27.5 Å². The highest BCUT2D eigenvalue weighted by Crippen LogP contribution is 2.45. The van der Waals surface area contributed by atoms with Gasteiger partial charge in [-0.1, -0.05) is 47.5 Å². The Balaban J connectivity index is 1.44. The van der Waals surface area contributed by atoms with Gasteiger partial charge in [0.25, 0.3) is 5.91 Å². The number of amidine groups is 1. The molecule has 0 bridgehead atoms. The SMILES string of the molecule is CCOc1ccc(C(=O)N2CCCCC2)cc1C1=N[C@@H](c2ccc(Cl)cc2)[C@@H](c2ccc(Cl)cc2)N1C(=O)N1CCN(CCS(C)(=O)=O)CC1. The smallest absolute Gasteiger partial charge is 0.326 e. The number of carbonyl (C=O) groups excluding carboxylic acids is 2. The largest absolute Gasteiger partial charge is 0.493 e. The maximum atomic E-state index is 14.9. The van der Waals surface area contributed by atoms with E-state index in [9.17, 15) is 18.0 Å². The van der Waals surface area contributed by atoms with Crippen molar-refractivity contribution in [3.63, 3.8) is 0 Å². The molecule has 0 unspecified atom stereocenters. The van der Waals surface area contributed by atoms with Crippen molar-refractivity contribution in [2.24, 2.45) is 4.99 Å². The number of ether oxygens (including phenoxy) is 1. The predicted octanol–water partition coefficient (Wildman–Crippen LogP) is 6.35. The Hall–Kier alpha value is -3.64. The van der Waals surface area contributed by atoms with E-state index in [0.717, 1.165) is 30.4 Å². The normalized spacial score (nSPS) is 20.2. The summed E-state index contributed by atoms with van der Waals surface area (Å²) in [6.45, 7) is 6.01. The molecule has 0 saturated carbocycles. The first-order valence-corrected chi connectivity index (χ1v) is 20.0. The fourth-order valence-corrected chi connectivity index (χ4v) is 7.71. The maximum Gasteiger partial charge on any atom is 0.326 e. The minimum atomic E-state index is -3.11. The Bertz CT molecular complexity index is 1820. The number of amides is 3. The van der Waals surface area contributed by atoms with Crippen LogP contribution < -0.4 is 4.74 Å². The van der Waals surface area contributed by atoms with Gasteiger partial charge in [0.2, 0.25) is 0 Å². The number of benzene rings is 3. The Labute approximate surface area is 304 Å². The minimum absolute atomic E-state index is 0.0563. The van der Waals surface area contributed by atoms with Crippen LogP contribution in [0.5, 0.6) is 5.75 Å². The summed E-state index contributed by atoms with van der Waals surface area (Å²) in [5.74, 6) is 0.944. The Morgan fingerprint density at radius 3 is 2.04 bits per heavy atom. The molecule has 0 aromatic heterocycles. The zero-order valence-corrected chi connectivity index (χ0v) is 30.8. The fraction of sp³-hybridized carbons (Fsp3) is 0.432. The van der Waals surface area contributed by atoms with Gasteiger partial charge in [0, 0.05) is 67.7 Å². The van der Waals surface area contributed by atoms with Gasteiger partial charge in [-0.05, 0) is 79.8 Å². The molecule has 0 aliphatic carbocycles. The second kappa shape index (κ2) is 15.7. The molecule has 3 aliphatic rings. The number of piperazine rings is 1. The van der Waals surface area contributed by atoms with Crippen LogP contribution in [0.3, 0.4) is 0 Å². The van der Waals surface area contributed by atoms with E-state index in [-0.39, 0.29) is 17.7 Å². The average Bonchev–Trinajstić information content (AvgIpc) is 3.52. The van der Waals surface area contributed by atoms with Crippen molar-refractivity contribution in [1.29, 1.82) is 0 Å². The Morgan fingerprint density at radius 1 is 0.820 bits per heavy atom. The van der Waals surface area contributed by atoms with Crippen LogP contribution in [0.1, 0.15) is 65.3 Å². The molecule has 50 heavy (non-hydrogen) atoms. The average molecular weight is 741 g/mol. The number of urea groups is 1. The molecule has 13 heteroatoms. The molecule has 0 spiro atoms. The van der Waals surface area contributed by atoms with E-state index in [0.29, 0.717) is 85.2 Å². The van der Waals surface area contributed by atoms with Gasteiger partial charge in [-0.15, -0.1) is 0 Å². The Morgan fingerprint density at radius 2 is 1.44 bits per heavy atom. The van der Waals surface area contributed by atoms with Crippen LogP contribution in [0.2, 0.25) is 10.0 Å². The van der Waals surface area contributed by atoms with Crippen molar-refractivity contribution < 1.29 is 22.7 Å². The summed E-state index contributed by atoms with van der Waals surface area (Å²) in [4.78, 5) is 41.5. The highest BCUT2D eigenvalue weighted by atomic mass is 35.5. The second-order valence-corrected chi connectivity index (χ2v) is 16.2. The van der Waals surface area contributed by atoms with Gasteiger partial charge in [-0.2, -0.15) is 0 Å². The van der Waals surface area contributed by atoms with E-state index in [1.165, 1.54) is 6.26 Å². The number of rotatable bonds is 9. The fourth-order valence-electron chi connectivity index (χ4n) is 6.86. The summed E-state index contributed by atoms with van der Waals surface area (Å²) in [6, 6.07) is 19.0. The lowest BCUT2D eigenvalue weighted by atomic mass is 9.93. The number of likely N-dealkylation sites (tertiary alicyclic amines) is 1. The number of piperidine rings is 1. The summed E-state index contributed by atoms with van der Waals surface area (Å²) < 4.78 is 29.8. The summed E-state index contributed by atoms with van der Waals surface area (Å²) in [5, 5.41) is 1.16. The van der Waals surface area contributed by atoms with Crippen LogP contribution in [0.15, 0.2) is 71.7 Å². The molecule has 2 atom stereocenters. The lowest BCUT2D eigenvalue weighted by molar-refractivity contribution is 0.0724. The third kappa shape index (κ3) is 8.28. The van der Waals surface area contributed by atoms with Crippen LogP contribution in [0.25, 0.3) is 0 Å². The molecule has 3 aliphatic heterocycles. The topological polar surface area (TPSA) is 103 Å². The molecule has 10 nitrogen and oxygen atoms in total. The number of carbonyl (C=O) groups is 2. The van der Waals surface area contributed by atoms with Crippen LogP contribution in [-0.4, -0.2) is 110 Å². The molecule has 3 aromatic carbocycles. The number of halogens is 2. The van der Waals surface area contributed by atoms with Gasteiger partial charge in [-0.25, -0.2) is 13.2 Å². The third-order valence-electron chi connectivity index (χ3n) is 9.53. The number of nitrogens with zero attached hydrogens (tertiary/aromatic N) is 5. The van der Waals surface area contributed by atoms with Crippen molar-refractivity contribution in [1.82, 2.24) is 19.6 Å². The van der Waals surface area contributed by atoms with Gasteiger partial charge >= 0.3 is 6.03 Å². The molecule has 0 N–H and O–H groups in total. The summed E-state index contributed by atoms with van der Waals surface area (Å²) in [5.41, 5.74) is 2.78. The van der Waals surface area contributed by atoms with Crippen LogP contribution in [0, 0.1) is 0 Å². The number of aliphatic imine (C=N–C) groups is 1. The van der Waals surface area contributed by atoms with E-state index in [1.807, 2.05) is 54.3 Å². The number of hydrogen-bond donors (Lipinski definition) is 0. The molecular weight excluding hydrogens is 697 g/mol. The lowest BCUT2D eigenvalue weighted by Gasteiger charge is -2.39. The molecule has 0 radical (unpaired) electrons. The first-order chi connectivity index (χ1) is 24.0. The molecular formula is C37H43Cl2N5O5S. The first-order valence-electron chi connectivity index (χ1n) is 17.2. The molecule has 2 fully saturated rings. The highest BCUT2D eigenvalue weighted by Gasteiger charge is 2.45. The van der Waals surface area contributed by atoms with E-state index >= 15 is 0 Å². The monoisotopic (exact) mass is 739 g/mol. The van der Waals surface area contributed by atoms with Crippen molar-refractivity contribution in [3.05, 3.63) is 99.0 Å². The van der Waals surface area contributed by atoms with E-state index in [1.54, 1.807) is 34.1 Å². The molecule has 6 rings (SSSR count). The summed E-state index contributed by atoms with van der Waals surface area (Å²) in [6.07, 6.45) is 4.28. The maximum absolute atomic E-state index is 14.9. The first kappa shape index (κ1) is 36.2. The van der Waals surface area contributed by atoms with Gasteiger partial charge in [0.05, 0.1) is 24.0 Å². The van der Waals surface area contributed by atoms with E-state index in [2.05, 4.69) is 4.90 Å². The number of hydrogen-bond acceptors (Lipinski definition) is 7. The zero-order valence-electron chi connectivity index (χ0n) is 28.4. The van der Waals surface area contributed by atoms with Crippen molar-refractivity contribution >= 4 is 50.8 Å². The second-order valence-electron chi connectivity index (χ2n) is 13.1. The molecule has 266 valence electrons. The quantitative estimate of drug-likeness (QED) is 0.254. The standard InChI is InChI=1S/C37H43Cl2N5O5S/c1-3-49-32-16-11-28(36(45)42-17-5-4-6-18-42)25-31(32)35-40-33(26-7-12-29(38)13-8-26)34(27-9-14-30(39)15-10-27)44(35)37(46)43-21-19-41(20-22-43)23-24-50(2,47)48/h7-16,25,33-34H,3-6,17-24H2,1-2H3/t33-,34+/m0/s1. The minimum Gasteiger partial charge on any atom is -0.493 e.